The zero-order chi connectivity index (χ0) is 8.69. The van der Waals surface area contributed by atoms with Crippen molar-refractivity contribution >= 4 is 18.1 Å². The fourth-order valence-electron chi connectivity index (χ4n) is 0.388. The molecule has 0 radical (unpaired) electrons. The van der Waals surface area contributed by atoms with E-state index in [1.165, 1.54) is 0 Å². The quantitative estimate of drug-likeness (QED) is 0.283. The Morgan fingerprint density at radius 1 is 1.75 bits per heavy atom. The molecule has 60 valence electrons. The van der Waals surface area contributed by atoms with Crippen LogP contribution in [-0.2, 0) is 4.79 Å². The van der Waals surface area contributed by atoms with Gasteiger partial charge in [0.1, 0.15) is 0 Å². The van der Waals surface area contributed by atoms with Crippen molar-refractivity contribution in [2.24, 2.45) is 0 Å². The van der Waals surface area contributed by atoms with Gasteiger partial charge in [0.25, 0.3) is 6.47 Å². The molecule has 0 aliphatic carbocycles. The average molecular weight is 181 g/mol. The first-order valence-electron chi connectivity index (χ1n) is 2.65. The largest absolute Gasteiger partial charge is 1.00 e. The Bertz CT molecular complexity index is 217. The fraction of sp³-hybridized carbons (Fsp3) is 0.167. The Labute approximate surface area is 87.2 Å². The van der Waals surface area contributed by atoms with Gasteiger partial charge in [0.05, 0.1) is 5.15 Å². The summed E-state index contributed by atoms with van der Waals surface area (Å²) in [6.07, 6.45) is 4.08. The van der Waals surface area contributed by atoms with Gasteiger partial charge in [-0.1, -0.05) is 11.6 Å². The van der Waals surface area contributed by atoms with Crippen LogP contribution in [-0.4, -0.2) is 21.5 Å². The van der Waals surface area contributed by atoms with Crippen molar-refractivity contribution in [3.05, 3.63) is 23.2 Å². The molecule has 6 heteroatoms. The minimum Gasteiger partial charge on any atom is -0.483 e. The van der Waals surface area contributed by atoms with Gasteiger partial charge in [0, 0.05) is 0 Å². The summed E-state index contributed by atoms with van der Waals surface area (Å²) in [4.78, 5) is 15.8. The van der Waals surface area contributed by atoms with Gasteiger partial charge in [-0.05, 0) is 12.6 Å². The van der Waals surface area contributed by atoms with Gasteiger partial charge < -0.3 is 10.1 Å². The molecule has 4 nitrogen and oxygen atoms in total. The van der Waals surface area contributed by atoms with Gasteiger partial charge in [0.2, 0.25) is 0 Å². The molecule has 1 N–H and O–H groups in total. The van der Waals surface area contributed by atoms with E-state index in [1.807, 2.05) is 6.92 Å². The fourth-order valence-corrected chi connectivity index (χ4v) is 0.570. The number of nitrogens with zero attached hydrogens (tertiary/aromatic N) is 2. The number of hydrogen-bond donors (Lipinski definition) is 1. The summed E-state index contributed by atoms with van der Waals surface area (Å²) >= 11 is 5.42. The van der Waals surface area contributed by atoms with Crippen molar-refractivity contribution in [3.63, 3.8) is 0 Å². The minimum absolute atomic E-state index is 0. The third-order valence-corrected chi connectivity index (χ3v) is 0.852. The maximum absolute atomic E-state index is 8.36. The predicted molar refractivity (Wildman–Crippen MR) is 39.3 cm³/mol. The normalized spacial score (nSPS) is 7.17. The van der Waals surface area contributed by atoms with E-state index in [0.29, 0.717) is 5.15 Å². The van der Waals surface area contributed by atoms with Crippen LogP contribution in [0.4, 0.5) is 0 Å². The number of halogens is 1. The van der Waals surface area contributed by atoms with Gasteiger partial charge in [-0.2, -0.15) is 0 Å². The molecule has 1 aromatic rings. The predicted octanol–water partition coefficient (Wildman–Crippen LogP) is -2.06. The first-order chi connectivity index (χ1) is 5.20. The topological polar surface area (TPSA) is 63.1 Å². The molecule has 12 heavy (non-hydrogen) atoms. The molecule has 0 saturated carbocycles. The monoisotopic (exact) mass is 180 g/mol. The second-order valence-corrected chi connectivity index (χ2v) is 1.88. The number of aryl methyl sites for hydroxylation is 1. The Balaban J connectivity index is 0. The van der Waals surface area contributed by atoms with Gasteiger partial charge in [-0.15, -0.1) is 12.4 Å². The van der Waals surface area contributed by atoms with E-state index in [1.54, 1.807) is 6.20 Å². The van der Waals surface area contributed by atoms with Crippen molar-refractivity contribution < 1.29 is 28.8 Å². The number of carboxylic acid groups (broad SMARTS) is 1. The maximum atomic E-state index is 8.36. The molecule has 0 bridgehead atoms. The molecule has 0 fully saturated rings. The third-order valence-electron chi connectivity index (χ3n) is 0.683. The standard InChI is InChI=1S/C5H4ClN2.CH2O2.Li/c1-4-2-7-3-5(6)8-4;2-1-3;/h2H,1H3;1H,(H,2,3);/q-1;;+1. The second kappa shape index (κ2) is 8.53. The van der Waals surface area contributed by atoms with Crippen molar-refractivity contribution in [1.82, 2.24) is 9.97 Å². The summed E-state index contributed by atoms with van der Waals surface area (Å²) in [6.45, 7) is 1.58. The molecule has 0 amide bonds. The number of aromatic nitrogens is 2. The Kier molecular flexibility index (Phi) is 9.95. The Morgan fingerprint density at radius 2 is 2.25 bits per heavy atom. The number of carbonyl (C=O) groups is 1. The van der Waals surface area contributed by atoms with E-state index < -0.39 is 0 Å². The number of rotatable bonds is 0. The minimum atomic E-state index is -0.250. The molecule has 1 aromatic heterocycles. The van der Waals surface area contributed by atoms with Gasteiger partial charge in [0.15, 0.2) is 0 Å². The summed E-state index contributed by atoms with van der Waals surface area (Å²) in [5.74, 6) is 0. The smallest absolute Gasteiger partial charge is 0.483 e. The molecule has 1 rings (SSSR count). The van der Waals surface area contributed by atoms with Crippen molar-refractivity contribution in [1.29, 1.82) is 0 Å². The zero-order valence-corrected chi connectivity index (χ0v) is 7.54. The molecule has 0 spiro atoms. The maximum Gasteiger partial charge on any atom is 1.00 e. The van der Waals surface area contributed by atoms with E-state index >= 15 is 0 Å². The van der Waals surface area contributed by atoms with Crippen molar-refractivity contribution in [3.8, 4) is 0 Å². The van der Waals surface area contributed by atoms with E-state index in [9.17, 15) is 0 Å². The molecule has 0 unspecified atom stereocenters. The SMILES string of the molecule is Cc1cn[c-]c(Cl)n1.O=CO.[Li+]. The van der Waals surface area contributed by atoms with Gasteiger partial charge in [-0.3, -0.25) is 9.78 Å². The molecule has 0 aliphatic rings. The van der Waals surface area contributed by atoms with Crippen LogP contribution in [0.15, 0.2) is 6.20 Å². The molecular weight excluding hydrogens is 174 g/mol. The summed E-state index contributed by atoms with van der Waals surface area (Å²) in [7, 11) is 0. The summed E-state index contributed by atoms with van der Waals surface area (Å²) in [6, 6.07) is 0. The first-order valence-corrected chi connectivity index (χ1v) is 3.03. The van der Waals surface area contributed by atoms with E-state index in [2.05, 4.69) is 16.2 Å². The number of hydrogen-bond acceptors (Lipinski definition) is 3. The van der Waals surface area contributed by atoms with Crippen LogP contribution < -0.4 is 18.9 Å². The van der Waals surface area contributed by atoms with Crippen LogP contribution in [0.5, 0.6) is 0 Å². The molecule has 0 aromatic carbocycles. The van der Waals surface area contributed by atoms with Gasteiger partial charge in [-0.25, -0.2) is 0 Å². The first kappa shape index (κ1) is 14.0. The summed E-state index contributed by atoms with van der Waals surface area (Å²) < 4.78 is 0. The molecule has 0 saturated heterocycles. The van der Waals surface area contributed by atoms with E-state index in [-0.39, 0.29) is 25.3 Å². The van der Waals surface area contributed by atoms with Crippen LogP contribution in [0.2, 0.25) is 5.15 Å². The summed E-state index contributed by atoms with van der Waals surface area (Å²) in [5.41, 5.74) is 0.814. The third kappa shape index (κ3) is 7.54. The molecule has 0 atom stereocenters. The van der Waals surface area contributed by atoms with E-state index in [4.69, 9.17) is 21.5 Å². The molecule has 0 aliphatic heterocycles. The van der Waals surface area contributed by atoms with E-state index in [0.717, 1.165) is 5.69 Å². The molecule has 1 heterocycles. The van der Waals surface area contributed by atoms with Crippen molar-refractivity contribution in [2.75, 3.05) is 0 Å². The summed E-state index contributed by atoms with van der Waals surface area (Å²) in [5, 5.41) is 7.21. The van der Waals surface area contributed by atoms with Gasteiger partial charge >= 0.3 is 18.9 Å². The van der Waals surface area contributed by atoms with Crippen molar-refractivity contribution in [2.45, 2.75) is 6.92 Å². The van der Waals surface area contributed by atoms with Crippen LogP contribution in [0.3, 0.4) is 0 Å². The van der Waals surface area contributed by atoms with Crippen LogP contribution >= 0.6 is 11.6 Å². The van der Waals surface area contributed by atoms with Crippen LogP contribution in [0.1, 0.15) is 5.69 Å². The zero-order valence-electron chi connectivity index (χ0n) is 6.78. The molecular formula is C6H6ClLiN2O2. The second-order valence-electron chi connectivity index (χ2n) is 1.52. The Morgan fingerprint density at radius 3 is 2.50 bits per heavy atom. The Hall–Kier alpha value is -0.563. The van der Waals surface area contributed by atoms with Crippen LogP contribution in [0, 0.1) is 13.1 Å². The average Bonchev–Trinajstić information content (AvgIpc) is 1.88. The van der Waals surface area contributed by atoms with Crippen LogP contribution in [0.25, 0.3) is 0 Å².